The van der Waals surface area contributed by atoms with Crippen LogP contribution in [0.3, 0.4) is 0 Å². The molecule has 8 heteroatoms. The van der Waals surface area contributed by atoms with Crippen molar-refractivity contribution in [3.8, 4) is 11.1 Å². The molecule has 1 saturated heterocycles. The van der Waals surface area contributed by atoms with Crippen molar-refractivity contribution in [1.29, 1.82) is 0 Å². The van der Waals surface area contributed by atoms with E-state index >= 15 is 0 Å². The average molecular weight is 490 g/mol. The first-order valence-corrected chi connectivity index (χ1v) is 11.6. The van der Waals surface area contributed by atoms with Crippen LogP contribution in [-0.4, -0.2) is 53.3 Å². The standard InChI is InChI=1S/C25H26Cl2FN3O2/c1-15(2)25(27)30-24-19-11-18(21(28)12-22(19)29-13-20(24)26)16-3-5-17(6-4-16)23(32)14-31-7-9-33-10-8-31/h3-6,11-13,23,25,32H,1,7-10,14H2,2H3,(H,29,30). The molecule has 0 amide bonds. The number of anilines is 1. The van der Waals surface area contributed by atoms with E-state index in [1.54, 1.807) is 6.07 Å². The number of ether oxygens (including phenoxy) is 1. The van der Waals surface area contributed by atoms with E-state index in [9.17, 15) is 9.50 Å². The van der Waals surface area contributed by atoms with Gasteiger partial charge in [-0.05, 0) is 29.7 Å². The molecule has 5 nitrogen and oxygen atoms in total. The number of fused-ring (bicyclic) bond motifs is 1. The number of aliphatic hydroxyl groups is 1. The summed E-state index contributed by atoms with van der Waals surface area (Å²) in [7, 11) is 0. The summed E-state index contributed by atoms with van der Waals surface area (Å²) < 4.78 is 20.3. The Kier molecular flexibility index (Phi) is 7.51. The number of nitrogens with one attached hydrogen (secondary N) is 1. The van der Waals surface area contributed by atoms with Crippen LogP contribution in [-0.2, 0) is 4.74 Å². The maximum absolute atomic E-state index is 15.0. The van der Waals surface area contributed by atoms with Crippen LogP contribution in [0.1, 0.15) is 18.6 Å². The summed E-state index contributed by atoms with van der Waals surface area (Å²) in [6.07, 6.45) is 0.845. The summed E-state index contributed by atoms with van der Waals surface area (Å²) in [6, 6.07) is 10.4. The minimum atomic E-state index is -0.625. The lowest BCUT2D eigenvalue weighted by Crippen LogP contribution is -2.38. The Bertz CT molecular complexity index is 1150. The van der Waals surface area contributed by atoms with Gasteiger partial charge >= 0.3 is 0 Å². The number of hydrogen-bond acceptors (Lipinski definition) is 5. The molecule has 2 unspecified atom stereocenters. The molecule has 1 aliphatic heterocycles. The first-order valence-electron chi connectivity index (χ1n) is 10.8. The summed E-state index contributed by atoms with van der Waals surface area (Å²) >= 11 is 12.7. The summed E-state index contributed by atoms with van der Waals surface area (Å²) in [6.45, 7) is 9.17. The van der Waals surface area contributed by atoms with E-state index in [1.807, 2.05) is 31.2 Å². The fraction of sp³-hybridized carbons (Fsp3) is 0.320. The van der Waals surface area contributed by atoms with Crippen molar-refractivity contribution in [3.63, 3.8) is 0 Å². The van der Waals surface area contributed by atoms with E-state index in [0.29, 0.717) is 52.5 Å². The van der Waals surface area contributed by atoms with Gasteiger partial charge in [0, 0.05) is 42.8 Å². The second kappa shape index (κ2) is 10.4. The second-order valence-electron chi connectivity index (χ2n) is 8.23. The minimum Gasteiger partial charge on any atom is -0.387 e. The van der Waals surface area contributed by atoms with Crippen LogP contribution in [0.5, 0.6) is 0 Å². The van der Waals surface area contributed by atoms with E-state index < -0.39 is 17.4 Å². The lowest BCUT2D eigenvalue weighted by Gasteiger charge is -2.28. The van der Waals surface area contributed by atoms with Gasteiger partial charge in [0.15, 0.2) is 0 Å². The Morgan fingerprint density at radius 3 is 2.64 bits per heavy atom. The van der Waals surface area contributed by atoms with Crippen LogP contribution in [0.2, 0.25) is 5.02 Å². The van der Waals surface area contributed by atoms with Gasteiger partial charge in [-0.1, -0.05) is 54.0 Å². The van der Waals surface area contributed by atoms with Gasteiger partial charge in [0.05, 0.1) is 35.5 Å². The van der Waals surface area contributed by atoms with Gasteiger partial charge in [0.25, 0.3) is 0 Å². The number of aromatic nitrogens is 1. The first kappa shape index (κ1) is 23.9. The van der Waals surface area contributed by atoms with Crippen molar-refractivity contribution >= 4 is 39.8 Å². The molecule has 4 rings (SSSR count). The number of benzene rings is 2. The van der Waals surface area contributed by atoms with Crippen LogP contribution < -0.4 is 5.32 Å². The highest BCUT2D eigenvalue weighted by Gasteiger charge is 2.18. The Morgan fingerprint density at radius 1 is 1.27 bits per heavy atom. The Labute approximate surface area is 202 Å². The van der Waals surface area contributed by atoms with E-state index in [2.05, 4.69) is 21.8 Å². The highest BCUT2D eigenvalue weighted by atomic mass is 35.5. The van der Waals surface area contributed by atoms with Crippen LogP contribution in [0.4, 0.5) is 10.1 Å². The largest absolute Gasteiger partial charge is 0.387 e. The molecule has 0 spiro atoms. The molecule has 3 aromatic rings. The topological polar surface area (TPSA) is 57.6 Å². The quantitative estimate of drug-likeness (QED) is 0.256. The summed E-state index contributed by atoms with van der Waals surface area (Å²) in [5, 5.41) is 14.8. The van der Waals surface area contributed by atoms with Crippen molar-refractivity contribution < 1.29 is 14.2 Å². The van der Waals surface area contributed by atoms with E-state index in [4.69, 9.17) is 27.9 Å². The van der Waals surface area contributed by atoms with Gasteiger partial charge in [-0.3, -0.25) is 9.88 Å². The number of aliphatic hydroxyl groups excluding tert-OH is 1. The normalized spacial score (nSPS) is 16.5. The lowest BCUT2D eigenvalue weighted by molar-refractivity contribution is 0.0143. The fourth-order valence-corrected chi connectivity index (χ4v) is 4.14. The van der Waals surface area contributed by atoms with Gasteiger partial charge in [0.1, 0.15) is 11.3 Å². The highest BCUT2D eigenvalue weighted by molar-refractivity contribution is 6.35. The van der Waals surface area contributed by atoms with Crippen molar-refractivity contribution in [1.82, 2.24) is 9.88 Å². The van der Waals surface area contributed by atoms with Gasteiger partial charge in [-0.2, -0.15) is 0 Å². The second-order valence-corrected chi connectivity index (χ2v) is 9.08. The molecule has 174 valence electrons. The molecule has 0 radical (unpaired) electrons. The fourth-order valence-electron chi connectivity index (χ4n) is 3.83. The predicted octanol–water partition coefficient (Wildman–Crippen LogP) is 5.61. The van der Waals surface area contributed by atoms with Gasteiger partial charge < -0.3 is 15.2 Å². The monoisotopic (exact) mass is 489 g/mol. The third kappa shape index (κ3) is 5.48. The molecule has 2 heterocycles. The zero-order valence-electron chi connectivity index (χ0n) is 18.3. The molecule has 1 fully saturated rings. The van der Waals surface area contributed by atoms with Gasteiger partial charge in [0.2, 0.25) is 0 Å². The SMILES string of the molecule is C=C(C)C(Cl)Nc1c(Cl)cnc2cc(F)c(-c3ccc(C(O)CN4CCOCC4)cc3)cc12. The first-order chi connectivity index (χ1) is 15.8. The number of pyridine rings is 1. The lowest BCUT2D eigenvalue weighted by atomic mass is 9.99. The smallest absolute Gasteiger partial charge is 0.133 e. The predicted molar refractivity (Wildman–Crippen MR) is 132 cm³/mol. The molecular formula is C25H26Cl2FN3O2. The zero-order chi connectivity index (χ0) is 23.5. The third-order valence-corrected chi connectivity index (χ3v) is 6.52. The van der Waals surface area contributed by atoms with Crippen molar-refractivity contribution in [3.05, 3.63) is 71.2 Å². The van der Waals surface area contributed by atoms with E-state index in [1.165, 1.54) is 12.3 Å². The number of halogens is 3. The molecular weight excluding hydrogens is 464 g/mol. The minimum absolute atomic E-state index is 0.383. The molecule has 1 aliphatic rings. The molecule has 2 atom stereocenters. The third-order valence-electron chi connectivity index (χ3n) is 5.76. The van der Waals surface area contributed by atoms with Crippen LogP contribution in [0, 0.1) is 5.82 Å². The van der Waals surface area contributed by atoms with Crippen molar-refractivity contribution in [2.45, 2.75) is 18.5 Å². The number of β-amino-alcohol motifs (C(OH)–C–C–N with tert-alkyl or cyclic N) is 1. The Hall–Kier alpha value is -2.22. The molecule has 2 aromatic carbocycles. The molecule has 33 heavy (non-hydrogen) atoms. The van der Waals surface area contributed by atoms with Crippen LogP contribution in [0.15, 0.2) is 54.7 Å². The maximum atomic E-state index is 15.0. The summed E-state index contributed by atoms with van der Waals surface area (Å²) in [5.41, 5.74) is 3.11. The number of alkyl halides is 1. The number of morpholine rings is 1. The number of rotatable bonds is 7. The Morgan fingerprint density at radius 2 is 1.97 bits per heavy atom. The summed E-state index contributed by atoms with van der Waals surface area (Å²) in [5.74, 6) is -0.396. The number of nitrogens with zero attached hydrogens (tertiary/aromatic N) is 2. The van der Waals surface area contributed by atoms with Crippen molar-refractivity contribution in [2.24, 2.45) is 0 Å². The maximum Gasteiger partial charge on any atom is 0.133 e. The van der Waals surface area contributed by atoms with E-state index in [0.717, 1.165) is 24.2 Å². The molecule has 0 bridgehead atoms. The van der Waals surface area contributed by atoms with Gasteiger partial charge in [-0.15, -0.1) is 0 Å². The van der Waals surface area contributed by atoms with E-state index in [-0.39, 0.29) is 0 Å². The average Bonchev–Trinajstić information content (AvgIpc) is 2.81. The summed E-state index contributed by atoms with van der Waals surface area (Å²) in [4.78, 5) is 6.43. The highest BCUT2D eigenvalue weighted by Crippen LogP contribution is 2.36. The van der Waals surface area contributed by atoms with Crippen LogP contribution >= 0.6 is 23.2 Å². The van der Waals surface area contributed by atoms with Crippen molar-refractivity contribution in [2.75, 3.05) is 38.2 Å². The molecule has 1 aromatic heterocycles. The molecule has 0 aliphatic carbocycles. The molecule has 2 N–H and O–H groups in total. The van der Waals surface area contributed by atoms with Crippen LogP contribution in [0.25, 0.3) is 22.0 Å². The van der Waals surface area contributed by atoms with Gasteiger partial charge in [-0.25, -0.2) is 4.39 Å². The zero-order valence-corrected chi connectivity index (χ0v) is 19.8. The number of hydrogen-bond donors (Lipinski definition) is 2. The Balaban J connectivity index is 1.63. The molecule has 0 saturated carbocycles.